The summed E-state index contributed by atoms with van der Waals surface area (Å²) in [5, 5.41) is 0.922. The van der Waals surface area contributed by atoms with E-state index < -0.39 is 0 Å². The molecule has 0 atom stereocenters. The number of methoxy groups -OCH3 is 1. The van der Waals surface area contributed by atoms with Crippen LogP contribution in [0.3, 0.4) is 0 Å². The lowest BCUT2D eigenvalue weighted by Crippen LogP contribution is -2.27. The number of hydrogen-bond acceptors (Lipinski definition) is 3. The van der Waals surface area contributed by atoms with E-state index in [1.54, 1.807) is 18.3 Å². The van der Waals surface area contributed by atoms with Gasteiger partial charge in [0.1, 0.15) is 11.3 Å². The van der Waals surface area contributed by atoms with Crippen LogP contribution >= 0.6 is 0 Å². The number of furan rings is 1. The molecule has 0 aliphatic carbocycles. The first-order valence-electron chi connectivity index (χ1n) is 7.49. The van der Waals surface area contributed by atoms with Crippen LogP contribution < -0.4 is 4.74 Å². The zero-order chi connectivity index (χ0) is 16.2. The lowest BCUT2D eigenvalue weighted by atomic mass is 10.1. The minimum atomic E-state index is 0.0550. The third-order valence-corrected chi connectivity index (χ3v) is 3.89. The van der Waals surface area contributed by atoms with Crippen LogP contribution in [-0.2, 0) is 17.8 Å². The minimum Gasteiger partial charge on any atom is -0.497 e. The van der Waals surface area contributed by atoms with Crippen LogP contribution in [0.15, 0.2) is 59.2 Å². The second-order valence-electron chi connectivity index (χ2n) is 5.54. The maximum atomic E-state index is 12.5. The summed E-state index contributed by atoms with van der Waals surface area (Å²) < 4.78 is 10.8. The fourth-order valence-electron chi connectivity index (χ4n) is 2.57. The quantitative estimate of drug-likeness (QED) is 0.722. The van der Waals surface area contributed by atoms with Crippen LogP contribution in [0.2, 0.25) is 0 Å². The monoisotopic (exact) mass is 309 g/mol. The van der Waals surface area contributed by atoms with Gasteiger partial charge in [0, 0.05) is 24.5 Å². The Morgan fingerprint density at radius 1 is 1.17 bits per heavy atom. The van der Waals surface area contributed by atoms with Gasteiger partial charge in [-0.3, -0.25) is 4.79 Å². The number of amides is 1. The Morgan fingerprint density at radius 3 is 2.70 bits per heavy atom. The number of rotatable bonds is 5. The molecule has 1 amide bonds. The van der Waals surface area contributed by atoms with Crippen LogP contribution in [0, 0.1) is 0 Å². The summed E-state index contributed by atoms with van der Waals surface area (Å²) in [5.41, 5.74) is 2.75. The van der Waals surface area contributed by atoms with E-state index >= 15 is 0 Å². The molecule has 4 heteroatoms. The highest BCUT2D eigenvalue weighted by Gasteiger charge is 2.14. The molecule has 0 saturated carbocycles. The molecule has 0 N–H and O–H groups in total. The van der Waals surface area contributed by atoms with Crippen molar-refractivity contribution in [3.05, 3.63) is 65.9 Å². The summed E-state index contributed by atoms with van der Waals surface area (Å²) in [7, 11) is 3.44. The van der Waals surface area contributed by atoms with E-state index in [0.29, 0.717) is 13.0 Å². The van der Waals surface area contributed by atoms with E-state index in [1.807, 2.05) is 55.6 Å². The van der Waals surface area contributed by atoms with Crippen molar-refractivity contribution < 1.29 is 13.9 Å². The summed E-state index contributed by atoms with van der Waals surface area (Å²) >= 11 is 0. The van der Waals surface area contributed by atoms with Gasteiger partial charge in [-0.15, -0.1) is 0 Å². The van der Waals surface area contributed by atoms with Crippen molar-refractivity contribution in [3.8, 4) is 5.75 Å². The van der Waals surface area contributed by atoms with Gasteiger partial charge in [0.2, 0.25) is 5.91 Å². The van der Waals surface area contributed by atoms with Crippen LogP contribution in [0.5, 0.6) is 5.75 Å². The lowest BCUT2D eigenvalue weighted by Gasteiger charge is -2.17. The van der Waals surface area contributed by atoms with Crippen molar-refractivity contribution >= 4 is 16.9 Å². The molecule has 0 saturated heterocycles. The summed E-state index contributed by atoms with van der Waals surface area (Å²) in [6.45, 7) is 0.596. The highest BCUT2D eigenvalue weighted by molar-refractivity contribution is 5.88. The molecule has 0 spiro atoms. The largest absolute Gasteiger partial charge is 0.497 e. The first-order valence-corrected chi connectivity index (χ1v) is 7.49. The molecular formula is C19H19NO3. The number of fused-ring (bicyclic) bond motifs is 1. The van der Waals surface area contributed by atoms with E-state index in [0.717, 1.165) is 27.8 Å². The number of carbonyl (C=O) groups excluding carboxylic acids is 1. The van der Waals surface area contributed by atoms with Crippen molar-refractivity contribution in [2.24, 2.45) is 0 Å². The van der Waals surface area contributed by atoms with Gasteiger partial charge in [-0.05, 0) is 23.8 Å². The number of nitrogens with zero attached hydrogens (tertiary/aromatic N) is 1. The highest BCUT2D eigenvalue weighted by Crippen LogP contribution is 2.26. The van der Waals surface area contributed by atoms with Crippen LogP contribution in [0.1, 0.15) is 11.1 Å². The molecule has 3 rings (SSSR count). The average Bonchev–Trinajstić information content (AvgIpc) is 2.97. The van der Waals surface area contributed by atoms with Crippen LogP contribution in [0.25, 0.3) is 11.0 Å². The van der Waals surface area contributed by atoms with Crippen molar-refractivity contribution in [2.45, 2.75) is 13.0 Å². The Labute approximate surface area is 135 Å². The molecule has 2 aromatic carbocycles. The smallest absolute Gasteiger partial charge is 0.227 e. The Hall–Kier alpha value is -2.75. The second kappa shape index (κ2) is 6.57. The van der Waals surface area contributed by atoms with E-state index in [9.17, 15) is 4.79 Å². The first-order chi connectivity index (χ1) is 11.2. The highest BCUT2D eigenvalue weighted by atomic mass is 16.5. The molecule has 23 heavy (non-hydrogen) atoms. The fraction of sp³-hybridized carbons (Fsp3) is 0.211. The van der Waals surface area contributed by atoms with E-state index in [1.165, 1.54) is 0 Å². The molecule has 0 aliphatic rings. The molecule has 0 aliphatic heterocycles. The van der Waals surface area contributed by atoms with E-state index in [4.69, 9.17) is 9.15 Å². The van der Waals surface area contributed by atoms with Gasteiger partial charge in [-0.25, -0.2) is 0 Å². The Kier molecular flexibility index (Phi) is 4.33. The van der Waals surface area contributed by atoms with Gasteiger partial charge < -0.3 is 14.1 Å². The third kappa shape index (κ3) is 3.37. The average molecular weight is 309 g/mol. The fourth-order valence-corrected chi connectivity index (χ4v) is 2.57. The molecule has 4 nitrogen and oxygen atoms in total. The summed E-state index contributed by atoms with van der Waals surface area (Å²) in [5.74, 6) is 0.810. The minimum absolute atomic E-state index is 0.0550. The third-order valence-electron chi connectivity index (χ3n) is 3.89. The number of hydrogen-bond donors (Lipinski definition) is 0. The first kappa shape index (κ1) is 15.2. The molecule has 0 radical (unpaired) electrons. The van der Waals surface area contributed by atoms with Gasteiger partial charge in [-0.1, -0.05) is 30.3 Å². The maximum absolute atomic E-state index is 12.5. The summed E-state index contributed by atoms with van der Waals surface area (Å²) in [4.78, 5) is 14.2. The predicted octanol–water partition coefficient (Wildman–Crippen LogP) is 3.64. The van der Waals surface area contributed by atoms with E-state index in [2.05, 4.69) is 0 Å². The zero-order valence-electron chi connectivity index (χ0n) is 13.3. The summed E-state index contributed by atoms with van der Waals surface area (Å²) in [6.07, 6.45) is 1.96. The molecule has 0 unspecified atom stereocenters. The van der Waals surface area contributed by atoms with Crippen LogP contribution in [0.4, 0.5) is 0 Å². The van der Waals surface area contributed by atoms with Crippen molar-refractivity contribution in [1.29, 1.82) is 0 Å². The van der Waals surface area contributed by atoms with Crippen molar-refractivity contribution in [2.75, 3.05) is 14.2 Å². The molecular weight excluding hydrogens is 290 g/mol. The molecule has 1 aromatic heterocycles. The summed E-state index contributed by atoms with van der Waals surface area (Å²) in [6, 6.07) is 15.6. The topological polar surface area (TPSA) is 42.7 Å². The molecule has 1 heterocycles. The van der Waals surface area contributed by atoms with Crippen molar-refractivity contribution in [3.63, 3.8) is 0 Å². The molecule has 118 valence electrons. The Balaban J connectivity index is 1.74. The van der Waals surface area contributed by atoms with Gasteiger partial charge in [0.15, 0.2) is 0 Å². The van der Waals surface area contributed by atoms with Crippen LogP contribution in [-0.4, -0.2) is 25.0 Å². The Morgan fingerprint density at radius 2 is 1.96 bits per heavy atom. The number of benzene rings is 2. The normalized spacial score (nSPS) is 10.7. The Bertz CT molecular complexity index is 808. The molecule has 3 aromatic rings. The van der Waals surface area contributed by atoms with Gasteiger partial charge in [-0.2, -0.15) is 0 Å². The van der Waals surface area contributed by atoms with Gasteiger partial charge in [0.25, 0.3) is 0 Å². The number of likely N-dealkylation sites (N-methyl/N-ethyl adjacent to an activating group) is 1. The SMILES string of the molecule is COc1ccc2occ(CC(=O)N(C)Cc3ccccc3)c2c1. The standard InChI is InChI=1S/C19H19NO3/c1-20(12-14-6-4-3-5-7-14)19(21)10-15-13-23-18-9-8-16(22-2)11-17(15)18/h3-9,11,13H,10,12H2,1-2H3. The maximum Gasteiger partial charge on any atom is 0.227 e. The number of carbonyl (C=O) groups is 1. The molecule has 0 bridgehead atoms. The van der Waals surface area contributed by atoms with E-state index in [-0.39, 0.29) is 5.91 Å². The zero-order valence-corrected chi connectivity index (χ0v) is 13.3. The predicted molar refractivity (Wildman–Crippen MR) is 89.4 cm³/mol. The second-order valence-corrected chi connectivity index (χ2v) is 5.54. The number of ether oxygens (including phenoxy) is 1. The van der Waals surface area contributed by atoms with Gasteiger partial charge in [0.05, 0.1) is 19.8 Å². The molecule has 0 fully saturated rings. The van der Waals surface area contributed by atoms with Gasteiger partial charge >= 0.3 is 0 Å². The lowest BCUT2D eigenvalue weighted by molar-refractivity contribution is -0.129. The van der Waals surface area contributed by atoms with Crippen molar-refractivity contribution in [1.82, 2.24) is 4.90 Å².